The lowest BCUT2D eigenvalue weighted by atomic mass is 10.1. The molecule has 0 aromatic heterocycles. The fourth-order valence-electron chi connectivity index (χ4n) is 1.31. The van der Waals surface area contributed by atoms with Crippen LogP contribution in [0.1, 0.15) is 34.1 Å². The van der Waals surface area contributed by atoms with E-state index in [-0.39, 0.29) is 11.7 Å². The quantitative estimate of drug-likeness (QED) is 0.579. The highest BCUT2D eigenvalue weighted by molar-refractivity contribution is 6.00. The summed E-state index contributed by atoms with van der Waals surface area (Å²) in [7, 11) is 1.75. The number of hydrogen-bond donors (Lipinski definition) is 2. The van der Waals surface area contributed by atoms with Gasteiger partial charge in [0.25, 0.3) is 5.91 Å². The highest BCUT2D eigenvalue weighted by atomic mass is 16.1. The van der Waals surface area contributed by atoms with E-state index in [4.69, 9.17) is 0 Å². The zero-order valence-electron chi connectivity index (χ0n) is 9.54. The first kappa shape index (κ1) is 12.4. The van der Waals surface area contributed by atoms with Crippen molar-refractivity contribution in [1.82, 2.24) is 10.6 Å². The van der Waals surface area contributed by atoms with Gasteiger partial charge in [0.15, 0.2) is 5.78 Å². The predicted octanol–water partition coefficient (Wildman–Crippen LogP) is 1.19. The van der Waals surface area contributed by atoms with Crippen LogP contribution in [-0.2, 0) is 0 Å². The Kier molecular flexibility index (Phi) is 4.66. The highest BCUT2D eigenvalue weighted by Gasteiger charge is 2.08. The maximum atomic E-state index is 11.6. The molecule has 0 aliphatic heterocycles. The maximum Gasteiger partial charge on any atom is 0.252 e. The first-order valence-electron chi connectivity index (χ1n) is 5.25. The van der Waals surface area contributed by atoms with Crippen molar-refractivity contribution in [2.45, 2.75) is 13.3 Å². The molecule has 0 radical (unpaired) electrons. The van der Waals surface area contributed by atoms with Crippen LogP contribution in [0.5, 0.6) is 0 Å². The third-order valence-corrected chi connectivity index (χ3v) is 2.19. The van der Waals surface area contributed by atoms with Gasteiger partial charge in [0.1, 0.15) is 0 Å². The van der Waals surface area contributed by atoms with Crippen LogP contribution in [0, 0.1) is 0 Å². The van der Waals surface area contributed by atoms with Crippen LogP contribution in [0.15, 0.2) is 24.3 Å². The van der Waals surface area contributed by atoms with E-state index < -0.39 is 0 Å². The van der Waals surface area contributed by atoms with Gasteiger partial charge in [0.2, 0.25) is 0 Å². The molecule has 1 rings (SSSR count). The Bertz CT molecular complexity index is 388. The number of carbonyl (C=O) groups is 2. The van der Waals surface area contributed by atoms with E-state index >= 15 is 0 Å². The van der Waals surface area contributed by atoms with Crippen molar-refractivity contribution in [1.29, 1.82) is 0 Å². The molecule has 1 aromatic carbocycles. The monoisotopic (exact) mass is 220 g/mol. The molecular formula is C12H16N2O2. The van der Waals surface area contributed by atoms with Crippen LogP contribution in [-0.4, -0.2) is 25.4 Å². The second-order valence-corrected chi connectivity index (χ2v) is 3.39. The summed E-state index contributed by atoms with van der Waals surface area (Å²) in [6.07, 6.45) is 0.446. The number of Topliss-reactive ketones (excluding diaryl/α,β-unsaturated/α-hetero) is 1. The number of hydrogen-bond acceptors (Lipinski definition) is 3. The minimum atomic E-state index is -0.180. The number of carbonyl (C=O) groups excluding carboxylic acids is 2. The van der Waals surface area contributed by atoms with Crippen molar-refractivity contribution in [2.24, 2.45) is 0 Å². The normalized spacial score (nSPS) is 9.88. The van der Waals surface area contributed by atoms with Crippen molar-refractivity contribution in [3.8, 4) is 0 Å². The van der Waals surface area contributed by atoms with E-state index in [0.717, 1.165) is 0 Å². The Balaban J connectivity index is 2.81. The predicted molar refractivity (Wildman–Crippen MR) is 62.5 cm³/mol. The lowest BCUT2D eigenvalue weighted by molar-refractivity contribution is 0.0951. The summed E-state index contributed by atoms with van der Waals surface area (Å²) in [5, 5.41) is 5.49. The molecule has 1 aromatic rings. The molecule has 4 heteroatoms. The Labute approximate surface area is 95.0 Å². The minimum absolute atomic E-state index is 0.0447. The lowest BCUT2D eigenvalue weighted by Gasteiger charge is -2.05. The van der Waals surface area contributed by atoms with Crippen molar-refractivity contribution in [2.75, 3.05) is 13.7 Å². The standard InChI is InChI=1S/C12H16N2O2/c1-3-11(15)9-5-4-6-10(7-9)12(16)14-8-13-2/h4-7,13H,3,8H2,1-2H3,(H,14,16). The van der Waals surface area contributed by atoms with E-state index in [1.54, 1.807) is 38.2 Å². The molecule has 0 heterocycles. The molecule has 0 aliphatic rings. The van der Waals surface area contributed by atoms with Gasteiger partial charge >= 0.3 is 0 Å². The summed E-state index contributed by atoms with van der Waals surface area (Å²) in [6.45, 7) is 2.21. The molecule has 0 fully saturated rings. The molecule has 0 bridgehead atoms. The van der Waals surface area contributed by atoms with E-state index in [1.807, 2.05) is 0 Å². The molecule has 0 saturated carbocycles. The largest absolute Gasteiger partial charge is 0.339 e. The van der Waals surface area contributed by atoms with Gasteiger partial charge in [-0.25, -0.2) is 0 Å². The molecule has 0 atom stereocenters. The Morgan fingerprint density at radius 1 is 1.25 bits per heavy atom. The molecule has 4 nitrogen and oxygen atoms in total. The summed E-state index contributed by atoms with van der Waals surface area (Å²) in [4.78, 5) is 23.1. The second-order valence-electron chi connectivity index (χ2n) is 3.39. The van der Waals surface area contributed by atoms with Gasteiger partial charge in [-0.05, 0) is 19.2 Å². The third kappa shape index (κ3) is 3.17. The molecule has 0 aliphatic carbocycles. The van der Waals surface area contributed by atoms with Gasteiger partial charge in [0.05, 0.1) is 6.67 Å². The van der Waals surface area contributed by atoms with E-state index in [1.165, 1.54) is 0 Å². The highest BCUT2D eigenvalue weighted by Crippen LogP contribution is 2.07. The average Bonchev–Trinajstić information content (AvgIpc) is 2.35. The molecule has 16 heavy (non-hydrogen) atoms. The van der Waals surface area contributed by atoms with Crippen molar-refractivity contribution in [3.63, 3.8) is 0 Å². The number of ketones is 1. The van der Waals surface area contributed by atoms with Gasteiger partial charge in [-0.2, -0.15) is 0 Å². The second kappa shape index (κ2) is 6.02. The summed E-state index contributed by atoms with van der Waals surface area (Å²) in [5.74, 6) is -0.136. The van der Waals surface area contributed by atoms with Gasteiger partial charge < -0.3 is 10.6 Å². The van der Waals surface area contributed by atoms with Gasteiger partial charge in [-0.1, -0.05) is 19.1 Å². The first-order chi connectivity index (χ1) is 7.69. The summed E-state index contributed by atoms with van der Waals surface area (Å²) >= 11 is 0. The van der Waals surface area contributed by atoms with Crippen molar-refractivity contribution in [3.05, 3.63) is 35.4 Å². The summed E-state index contributed by atoms with van der Waals surface area (Å²) in [6, 6.07) is 6.76. The van der Waals surface area contributed by atoms with Crippen LogP contribution in [0.2, 0.25) is 0 Å². The third-order valence-electron chi connectivity index (χ3n) is 2.19. The molecule has 2 N–H and O–H groups in total. The molecule has 1 amide bonds. The number of amides is 1. The minimum Gasteiger partial charge on any atom is -0.339 e. The molecule has 0 unspecified atom stereocenters. The number of nitrogens with one attached hydrogen (secondary N) is 2. The maximum absolute atomic E-state index is 11.6. The van der Waals surface area contributed by atoms with Crippen LogP contribution < -0.4 is 10.6 Å². The molecule has 0 saturated heterocycles. The van der Waals surface area contributed by atoms with Gasteiger partial charge in [0, 0.05) is 17.5 Å². The Morgan fingerprint density at radius 2 is 1.94 bits per heavy atom. The molecule has 86 valence electrons. The SMILES string of the molecule is CCC(=O)c1cccc(C(=O)NCNC)c1. The summed E-state index contributed by atoms with van der Waals surface area (Å²) < 4.78 is 0. The smallest absolute Gasteiger partial charge is 0.252 e. The van der Waals surface area contributed by atoms with Gasteiger partial charge in [-0.15, -0.1) is 0 Å². The zero-order valence-corrected chi connectivity index (χ0v) is 9.54. The van der Waals surface area contributed by atoms with Gasteiger partial charge in [-0.3, -0.25) is 9.59 Å². The van der Waals surface area contributed by atoms with Crippen LogP contribution >= 0.6 is 0 Å². The fraction of sp³-hybridized carbons (Fsp3) is 0.333. The molecule has 0 spiro atoms. The van der Waals surface area contributed by atoms with Crippen molar-refractivity contribution >= 4 is 11.7 Å². The topological polar surface area (TPSA) is 58.2 Å². The Hall–Kier alpha value is -1.68. The molecular weight excluding hydrogens is 204 g/mol. The first-order valence-corrected chi connectivity index (χ1v) is 5.25. The Morgan fingerprint density at radius 3 is 2.56 bits per heavy atom. The van der Waals surface area contributed by atoms with E-state index in [9.17, 15) is 9.59 Å². The average molecular weight is 220 g/mol. The van der Waals surface area contributed by atoms with Crippen LogP contribution in [0.25, 0.3) is 0 Å². The van der Waals surface area contributed by atoms with Crippen LogP contribution in [0.3, 0.4) is 0 Å². The zero-order chi connectivity index (χ0) is 12.0. The summed E-state index contributed by atoms with van der Waals surface area (Å²) in [5.41, 5.74) is 1.09. The van der Waals surface area contributed by atoms with Crippen molar-refractivity contribution < 1.29 is 9.59 Å². The lowest BCUT2D eigenvalue weighted by Crippen LogP contribution is -2.31. The fourth-order valence-corrected chi connectivity index (χ4v) is 1.31. The van der Waals surface area contributed by atoms with Crippen LogP contribution in [0.4, 0.5) is 0 Å². The van der Waals surface area contributed by atoms with E-state index in [2.05, 4.69) is 10.6 Å². The number of benzene rings is 1. The number of rotatable bonds is 5. The van der Waals surface area contributed by atoms with E-state index in [0.29, 0.717) is 24.2 Å².